The van der Waals surface area contributed by atoms with Crippen LogP contribution in [0.3, 0.4) is 0 Å². The lowest BCUT2D eigenvalue weighted by molar-refractivity contribution is -0.135. The number of ether oxygens (including phenoxy) is 1. The molecule has 3 heterocycles. The minimum Gasteiger partial charge on any atom is -0.368 e. The van der Waals surface area contributed by atoms with Crippen molar-refractivity contribution in [1.29, 1.82) is 0 Å². The van der Waals surface area contributed by atoms with Gasteiger partial charge in [-0.1, -0.05) is 13.0 Å². The fraction of sp³-hybridized carbons (Fsp3) is 0.474. The van der Waals surface area contributed by atoms with Crippen molar-refractivity contribution in [2.45, 2.75) is 39.1 Å². The maximum absolute atomic E-state index is 12.7. The van der Waals surface area contributed by atoms with Crippen LogP contribution in [0.15, 0.2) is 42.7 Å². The highest BCUT2D eigenvalue weighted by Crippen LogP contribution is 2.39. The lowest BCUT2D eigenvalue weighted by Crippen LogP contribution is -2.38. The van der Waals surface area contributed by atoms with Crippen molar-refractivity contribution < 1.29 is 9.53 Å². The average Bonchev–Trinajstić information content (AvgIpc) is 3.23. The Hall–Kier alpha value is -2.14. The smallest absolute Gasteiger partial charge is 0.226 e. The molecule has 0 bridgehead atoms. The Bertz CT molecular complexity index is 712. The predicted molar refractivity (Wildman–Crippen MR) is 89.9 cm³/mol. The average molecular weight is 325 g/mol. The number of amides is 1. The molecule has 0 saturated heterocycles. The van der Waals surface area contributed by atoms with Crippen LogP contribution in [0.25, 0.3) is 0 Å². The van der Waals surface area contributed by atoms with Gasteiger partial charge in [-0.15, -0.1) is 0 Å². The highest BCUT2D eigenvalue weighted by atomic mass is 16.5. The van der Waals surface area contributed by atoms with Crippen molar-refractivity contribution in [3.8, 4) is 0 Å². The SMILES string of the molecule is C[C@@H]1C[C@H]1C(=O)N1Cc2cccn2C[C@@H](OCc2ccccn2)C1. The molecule has 1 amide bonds. The standard InChI is InChI=1S/C19H23N3O2/c1-14-9-18(14)19(23)22-10-16-6-4-8-21(16)11-17(12-22)24-13-15-5-2-3-7-20-15/h2-8,14,17-18H,9-13H2,1H3/t14-,17-,18-/m1/s1. The van der Waals surface area contributed by atoms with Gasteiger partial charge in [-0.3, -0.25) is 9.78 Å². The third kappa shape index (κ3) is 3.22. The first-order valence-corrected chi connectivity index (χ1v) is 8.65. The van der Waals surface area contributed by atoms with E-state index in [2.05, 4.69) is 28.7 Å². The van der Waals surface area contributed by atoms with E-state index in [0.717, 1.165) is 18.7 Å². The first-order chi connectivity index (χ1) is 11.7. The number of nitrogens with zero attached hydrogens (tertiary/aromatic N) is 3. The van der Waals surface area contributed by atoms with Crippen LogP contribution >= 0.6 is 0 Å². The Balaban J connectivity index is 1.48. The Morgan fingerprint density at radius 1 is 1.29 bits per heavy atom. The molecule has 0 unspecified atom stereocenters. The van der Waals surface area contributed by atoms with E-state index in [0.29, 0.717) is 25.6 Å². The summed E-state index contributed by atoms with van der Waals surface area (Å²) in [6.45, 7) is 4.73. The van der Waals surface area contributed by atoms with E-state index in [9.17, 15) is 4.79 Å². The highest BCUT2D eigenvalue weighted by molar-refractivity contribution is 5.81. The fourth-order valence-electron chi connectivity index (χ4n) is 3.41. The van der Waals surface area contributed by atoms with E-state index in [-0.39, 0.29) is 17.9 Å². The first kappa shape index (κ1) is 15.4. The molecule has 0 radical (unpaired) electrons. The van der Waals surface area contributed by atoms with Gasteiger partial charge in [0.2, 0.25) is 5.91 Å². The molecule has 1 fully saturated rings. The molecule has 24 heavy (non-hydrogen) atoms. The Morgan fingerprint density at radius 2 is 2.17 bits per heavy atom. The van der Waals surface area contributed by atoms with Crippen LogP contribution in [0, 0.1) is 11.8 Å². The fourth-order valence-corrected chi connectivity index (χ4v) is 3.41. The number of carbonyl (C=O) groups is 1. The lowest BCUT2D eigenvalue weighted by Gasteiger charge is -2.24. The summed E-state index contributed by atoms with van der Waals surface area (Å²) < 4.78 is 8.31. The molecular weight excluding hydrogens is 302 g/mol. The van der Waals surface area contributed by atoms with Gasteiger partial charge >= 0.3 is 0 Å². The number of hydrogen-bond donors (Lipinski definition) is 0. The van der Waals surface area contributed by atoms with Gasteiger partial charge in [-0.25, -0.2) is 0 Å². The van der Waals surface area contributed by atoms with Gasteiger partial charge in [0.25, 0.3) is 0 Å². The molecular formula is C19H23N3O2. The van der Waals surface area contributed by atoms with Crippen molar-refractivity contribution in [3.63, 3.8) is 0 Å². The van der Waals surface area contributed by atoms with E-state index in [1.807, 2.05) is 29.2 Å². The monoisotopic (exact) mass is 325 g/mol. The van der Waals surface area contributed by atoms with Crippen LogP contribution in [0.1, 0.15) is 24.7 Å². The van der Waals surface area contributed by atoms with E-state index < -0.39 is 0 Å². The largest absolute Gasteiger partial charge is 0.368 e. The summed E-state index contributed by atoms with van der Waals surface area (Å²) in [4.78, 5) is 19.0. The Kier molecular flexibility index (Phi) is 4.10. The van der Waals surface area contributed by atoms with Crippen LogP contribution in [0.2, 0.25) is 0 Å². The van der Waals surface area contributed by atoms with Crippen LogP contribution in [0.4, 0.5) is 0 Å². The molecule has 3 atom stereocenters. The number of carbonyl (C=O) groups excluding carboxylic acids is 1. The molecule has 1 aliphatic heterocycles. The molecule has 126 valence electrons. The van der Waals surface area contributed by atoms with Gasteiger partial charge < -0.3 is 14.2 Å². The van der Waals surface area contributed by atoms with E-state index >= 15 is 0 Å². The van der Waals surface area contributed by atoms with Gasteiger partial charge in [0.05, 0.1) is 31.5 Å². The van der Waals surface area contributed by atoms with Gasteiger partial charge in [0.15, 0.2) is 0 Å². The number of fused-ring (bicyclic) bond motifs is 1. The minimum atomic E-state index is -0.0151. The zero-order valence-electron chi connectivity index (χ0n) is 14.0. The number of aromatic nitrogens is 2. The summed E-state index contributed by atoms with van der Waals surface area (Å²) in [6, 6.07) is 9.97. The normalized spacial score (nSPS) is 25.9. The van der Waals surface area contributed by atoms with E-state index in [4.69, 9.17) is 4.74 Å². The van der Waals surface area contributed by atoms with Gasteiger partial charge in [-0.2, -0.15) is 0 Å². The lowest BCUT2D eigenvalue weighted by atomic mass is 10.2. The summed E-state index contributed by atoms with van der Waals surface area (Å²) >= 11 is 0. The summed E-state index contributed by atoms with van der Waals surface area (Å²) in [5, 5.41) is 0. The zero-order chi connectivity index (χ0) is 16.5. The van der Waals surface area contributed by atoms with Gasteiger partial charge in [-0.05, 0) is 36.6 Å². The van der Waals surface area contributed by atoms with Crippen LogP contribution in [-0.4, -0.2) is 33.0 Å². The second-order valence-corrected chi connectivity index (χ2v) is 6.94. The van der Waals surface area contributed by atoms with Crippen molar-refractivity contribution in [1.82, 2.24) is 14.5 Å². The summed E-state index contributed by atoms with van der Waals surface area (Å²) in [7, 11) is 0. The molecule has 5 nitrogen and oxygen atoms in total. The summed E-state index contributed by atoms with van der Waals surface area (Å²) in [6.07, 6.45) is 4.86. The number of hydrogen-bond acceptors (Lipinski definition) is 3. The zero-order valence-corrected chi connectivity index (χ0v) is 14.0. The molecule has 0 spiro atoms. The van der Waals surface area contributed by atoms with Gasteiger partial charge in [0.1, 0.15) is 0 Å². The summed E-state index contributed by atoms with van der Waals surface area (Å²) in [5.74, 6) is 1.02. The van der Waals surface area contributed by atoms with Crippen LogP contribution in [-0.2, 0) is 29.2 Å². The molecule has 4 rings (SSSR count). The van der Waals surface area contributed by atoms with Crippen molar-refractivity contribution >= 4 is 5.91 Å². The van der Waals surface area contributed by atoms with Crippen LogP contribution < -0.4 is 0 Å². The number of rotatable bonds is 4. The molecule has 0 aromatic carbocycles. The molecule has 5 heteroatoms. The van der Waals surface area contributed by atoms with Crippen molar-refractivity contribution in [2.24, 2.45) is 11.8 Å². The molecule has 2 aromatic heterocycles. The predicted octanol–water partition coefficient (Wildman–Crippen LogP) is 2.47. The van der Waals surface area contributed by atoms with Crippen molar-refractivity contribution in [2.75, 3.05) is 6.54 Å². The molecule has 2 aromatic rings. The highest BCUT2D eigenvalue weighted by Gasteiger charge is 2.42. The number of pyridine rings is 1. The minimum absolute atomic E-state index is 0.0151. The second kappa shape index (κ2) is 6.40. The van der Waals surface area contributed by atoms with E-state index in [1.54, 1.807) is 6.20 Å². The summed E-state index contributed by atoms with van der Waals surface area (Å²) in [5.41, 5.74) is 2.10. The topological polar surface area (TPSA) is 47.4 Å². The maximum Gasteiger partial charge on any atom is 0.226 e. The van der Waals surface area contributed by atoms with Crippen LogP contribution in [0.5, 0.6) is 0 Å². The molecule has 0 N–H and O–H groups in total. The second-order valence-electron chi connectivity index (χ2n) is 6.94. The third-order valence-electron chi connectivity index (χ3n) is 5.03. The molecule has 2 aliphatic rings. The van der Waals surface area contributed by atoms with E-state index in [1.165, 1.54) is 5.69 Å². The Morgan fingerprint density at radius 3 is 2.92 bits per heavy atom. The van der Waals surface area contributed by atoms with Gasteiger partial charge in [0, 0.05) is 30.6 Å². The molecule has 1 saturated carbocycles. The maximum atomic E-state index is 12.7. The first-order valence-electron chi connectivity index (χ1n) is 8.65. The quantitative estimate of drug-likeness (QED) is 0.867. The van der Waals surface area contributed by atoms with Crippen molar-refractivity contribution in [3.05, 3.63) is 54.1 Å². The third-order valence-corrected chi connectivity index (χ3v) is 5.03. The molecule has 1 aliphatic carbocycles. The Labute approximate surface area is 142 Å².